The number of sulfonamides is 1. The number of aromatic nitrogens is 2. The number of hydrogen-bond acceptors (Lipinski definition) is 5. The molecule has 4 rings (SSSR count). The number of nitrogens with zero attached hydrogens (tertiary/aromatic N) is 3. The lowest BCUT2D eigenvalue weighted by atomic mass is 10.2. The number of aryl methyl sites for hydroxylation is 2. The van der Waals surface area contributed by atoms with E-state index in [2.05, 4.69) is 21.0 Å². The van der Waals surface area contributed by atoms with Crippen LogP contribution in [-0.2, 0) is 10.0 Å². The first-order valence-corrected chi connectivity index (χ1v) is 13.4. The van der Waals surface area contributed by atoms with Gasteiger partial charge in [-0.05, 0) is 70.0 Å². The second-order valence-electron chi connectivity index (χ2n) is 7.89. The molecule has 1 aliphatic rings. The van der Waals surface area contributed by atoms with Crippen LogP contribution in [0.5, 0.6) is 0 Å². The predicted octanol–water partition coefficient (Wildman–Crippen LogP) is 5.22. The Hall–Kier alpha value is -1.94. The Labute approximate surface area is 201 Å². The van der Waals surface area contributed by atoms with E-state index in [9.17, 15) is 13.2 Å². The van der Waals surface area contributed by atoms with Crippen LogP contribution in [0.15, 0.2) is 67.7 Å². The third kappa shape index (κ3) is 4.44. The molecule has 32 heavy (non-hydrogen) atoms. The predicted molar refractivity (Wildman–Crippen MR) is 129 cm³/mol. The van der Waals surface area contributed by atoms with E-state index in [0.717, 1.165) is 25.7 Å². The summed E-state index contributed by atoms with van der Waals surface area (Å²) in [5.41, 5.74) is 2.66. The molecule has 2 heterocycles. The molecule has 0 saturated carbocycles. The summed E-state index contributed by atoms with van der Waals surface area (Å²) in [6.45, 7) is 6.09. The van der Waals surface area contributed by atoms with E-state index < -0.39 is 16.1 Å². The van der Waals surface area contributed by atoms with Gasteiger partial charge >= 0.3 is 0 Å². The molecule has 1 fully saturated rings. The number of halogens is 1. The van der Waals surface area contributed by atoms with E-state index in [0.29, 0.717) is 19.4 Å². The van der Waals surface area contributed by atoms with Gasteiger partial charge in [-0.1, -0.05) is 45.4 Å². The molecule has 0 aliphatic carbocycles. The van der Waals surface area contributed by atoms with E-state index in [1.165, 1.54) is 14.6 Å². The summed E-state index contributed by atoms with van der Waals surface area (Å²) in [7, 11) is -3.78. The fourth-order valence-electron chi connectivity index (χ4n) is 3.87. The fraction of sp³-hybridized carbons (Fsp3) is 0.304. The van der Waals surface area contributed by atoms with Crippen LogP contribution in [0.25, 0.3) is 0 Å². The van der Waals surface area contributed by atoms with Crippen molar-refractivity contribution in [3.63, 3.8) is 0 Å². The Morgan fingerprint density at radius 3 is 2.38 bits per heavy atom. The monoisotopic (exact) mass is 533 g/mol. The second-order valence-corrected chi connectivity index (χ2v) is 11.8. The van der Waals surface area contributed by atoms with E-state index in [1.807, 2.05) is 45.0 Å². The summed E-state index contributed by atoms with van der Waals surface area (Å²) in [6, 6.07) is 13.9. The molecule has 1 saturated heterocycles. The van der Waals surface area contributed by atoms with Crippen LogP contribution < -0.4 is 0 Å². The van der Waals surface area contributed by atoms with Crippen LogP contribution in [-0.4, -0.2) is 41.0 Å². The number of carbonyl (C=O) groups is 1. The van der Waals surface area contributed by atoms with Crippen molar-refractivity contribution in [3.05, 3.63) is 70.0 Å². The van der Waals surface area contributed by atoms with Gasteiger partial charge in [0, 0.05) is 15.9 Å². The third-order valence-electron chi connectivity index (χ3n) is 5.58. The van der Waals surface area contributed by atoms with Crippen molar-refractivity contribution in [1.29, 1.82) is 0 Å². The number of rotatable bonds is 5. The van der Waals surface area contributed by atoms with Gasteiger partial charge in [0.2, 0.25) is 10.0 Å². The minimum absolute atomic E-state index is 0.185. The molecule has 1 aliphatic heterocycles. The van der Waals surface area contributed by atoms with Crippen molar-refractivity contribution in [2.75, 3.05) is 6.54 Å². The molecule has 0 N–H and O–H groups in total. The zero-order valence-electron chi connectivity index (χ0n) is 18.1. The molecule has 1 unspecified atom stereocenters. The topological polar surface area (TPSA) is 72.3 Å². The molecule has 0 bridgehead atoms. The molecule has 0 amide bonds. The van der Waals surface area contributed by atoms with Gasteiger partial charge in [-0.2, -0.15) is 9.40 Å². The van der Waals surface area contributed by atoms with Crippen LogP contribution in [0.2, 0.25) is 0 Å². The van der Waals surface area contributed by atoms with Gasteiger partial charge < -0.3 is 0 Å². The van der Waals surface area contributed by atoms with E-state index >= 15 is 0 Å². The zero-order chi connectivity index (χ0) is 23.0. The van der Waals surface area contributed by atoms with Gasteiger partial charge in [0.1, 0.15) is 6.04 Å². The van der Waals surface area contributed by atoms with Crippen LogP contribution in [0.1, 0.15) is 34.6 Å². The van der Waals surface area contributed by atoms with Crippen LogP contribution in [0, 0.1) is 20.8 Å². The summed E-state index contributed by atoms with van der Waals surface area (Å²) >= 11 is 4.89. The van der Waals surface area contributed by atoms with Gasteiger partial charge in [-0.3, -0.25) is 4.79 Å². The highest BCUT2D eigenvalue weighted by molar-refractivity contribution is 9.10. The molecule has 6 nitrogen and oxygen atoms in total. The smallest absolute Gasteiger partial charge is 0.265 e. The molecule has 2 aromatic carbocycles. The SMILES string of the molecule is Cc1ccc(Sc2c(C)nn(C(=O)C3CCCN3S(=O)(=O)c3ccc(Br)cc3)c2C)cc1. The summed E-state index contributed by atoms with van der Waals surface area (Å²) < 4.78 is 30.0. The van der Waals surface area contributed by atoms with Gasteiger partial charge in [0.25, 0.3) is 5.91 Å². The summed E-state index contributed by atoms with van der Waals surface area (Å²) in [6.07, 6.45) is 1.11. The van der Waals surface area contributed by atoms with Crippen molar-refractivity contribution >= 4 is 43.6 Å². The average Bonchev–Trinajstić information content (AvgIpc) is 3.36. The van der Waals surface area contributed by atoms with E-state index in [1.54, 1.807) is 36.0 Å². The largest absolute Gasteiger partial charge is 0.271 e. The fourth-order valence-corrected chi connectivity index (χ4v) is 6.72. The normalized spacial score (nSPS) is 17.1. The molecular formula is C23H24BrN3O3S2. The van der Waals surface area contributed by atoms with Crippen LogP contribution in [0.4, 0.5) is 0 Å². The Kier molecular flexibility index (Phi) is 6.63. The molecule has 0 radical (unpaired) electrons. The minimum Gasteiger partial charge on any atom is -0.271 e. The van der Waals surface area contributed by atoms with Crippen LogP contribution >= 0.6 is 27.7 Å². The van der Waals surface area contributed by atoms with Crippen molar-refractivity contribution in [2.24, 2.45) is 0 Å². The van der Waals surface area contributed by atoms with Crippen molar-refractivity contribution in [3.8, 4) is 0 Å². The first-order valence-electron chi connectivity index (χ1n) is 10.3. The van der Waals surface area contributed by atoms with Gasteiger partial charge in [0.15, 0.2) is 0 Å². The Bertz CT molecular complexity index is 1250. The second kappa shape index (κ2) is 9.13. The number of benzene rings is 2. The highest BCUT2D eigenvalue weighted by Gasteiger charge is 2.41. The van der Waals surface area contributed by atoms with Crippen molar-refractivity contribution in [2.45, 2.75) is 54.3 Å². The Morgan fingerprint density at radius 2 is 1.72 bits per heavy atom. The Morgan fingerprint density at radius 1 is 1.06 bits per heavy atom. The molecule has 1 atom stereocenters. The maximum Gasteiger partial charge on any atom is 0.265 e. The molecule has 1 aromatic heterocycles. The van der Waals surface area contributed by atoms with E-state index in [4.69, 9.17) is 0 Å². The maximum absolute atomic E-state index is 13.5. The summed E-state index contributed by atoms with van der Waals surface area (Å²) in [5.74, 6) is -0.306. The highest BCUT2D eigenvalue weighted by atomic mass is 79.9. The van der Waals surface area contributed by atoms with Gasteiger partial charge in [0.05, 0.1) is 21.2 Å². The first-order chi connectivity index (χ1) is 15.2. The maximum atomic E-state index is 13.5. The molecule has 0 spiro atoms. The Balaban J connectivity index is 1.62. The average molecular weight is 535 g/mol. The lowest BCUT2D eigenvalue weighted by molar-refractivity contribution is 0.0813. The number of carbonyl (C=O) groups excluding carboxylic acids is 1. The number of hydrogen-bond donors (Lipinski definition) is 0. The summed E-state index contributed by atoms with van der Waals surface area (Å²) in [5, 5.41) is 4.49. The quantitative estimate of drug-likeness (QED) is 0.449. The summed E-state index contributed by atoms with van der Waals surface area (Å²) in [4.78, 5) is 15.6. The molecular weight excluding hydrogens is 510 g/mol. The van der Waals surface area contributed by atoms with E-state index in [-0.39, 0.29) is 10.8 Å². The van der Waals surface area contributed by atoms with Gasteiger partial charge in [-0.15, -0.1) is 0 Å². The third-order valence-corrected chi connectivity index (χ3v) is 9.34. The lowest BCUT2D eigenvalue weighted by Gasteiger charge is -2.23. The molecule has 9 heteroatoms. The molecule has 3 aromatic rings. The van der Waals surface area contributed by atoms with Crippen LogP contribution in [0.3, 0.4) is 0 Å². The van der Waals surface area contributed by atoms with Crippen molar-refractivity contribution in [1.82, 2.24) is 14.1 Å². The highest BCUT2D eigenvalue weighted by Crippen LogP contribution is 2.34. The minimum atomic E-state index is -3.78. The molecule has 168 valence electrons. The van der Waals surface area contributed by atoms with Gasteiger partial charge in [-0.25, -0.2) is 13.1 Å². The standard InChI is InChI=1S/C23H24BrN3O3S2/c1-15-6-10-19(11-7-15)31-22-16(2)25-27(17(22)3)23(28)21-5-4-14-26(21)32(29,30)20-12-8-18(24)9-13-20/h6-13,21H,4-5,14H2,1-3H3. The van der Waals surface area contributed by atoms with Crippen molar-refractivity contribution < 1.29 is 13.2 Å². The zero-order valence-corrected chi connectivity index (χ0v) is 21.3. The first kappa shape index (κ1) is 23.2. The lowest BCUT2D eigenvalue weighted by Crippen LogP contribution is -2.43.